The number of hydrogen-bond acceptors (Lipinski definition) is 2. The van der Waals surface area contributed by atoms with Crippen molar-refractivity contribution in [2.45, 2.75) is 20.8 Å². The minimum absolute atomic E-state index is 0.488. The maximum atomic E-state index is 12.0. The van der Waals surface area contributed by atoms with E-state index in [1.54, 1.807) is 18.2 Å². The number of rotatable bonds is 2. The zero-order valence-electron chi connectivity index (χ0n) is 12.0. The number of ether oxygens (including phenoxy) is 1. The summed E-state index contributed by atoms with van der Waals surface area (Å²) in [5.74, 6) is 0.488. The normalized spacial score (nSPS) is 10.3. The molecule has 0 saturated carbocycles. The molecule has 0 fully saturated rings. The van der Waals surface area contributed by atoms with Gasteiger partial charge in [0.15, 0.2) is 0 Å². The van der Waals surface area contributed by atoms with Crippen molar-refractivity contribution in [3.05, 3.63) is 56.5 Å². The van der Waals surface area contributed by atoms with Crippen LogP contribution in [0, 0.1) is 20.8 Å². The van der Waals surface area contributed by atoms with Gasteiger partial charge in [-0.25, -0.2) is 4.79 Å². The third-order valence-electron chi connectivity index (χ3n) is 3.18. The van der Waals surface area contributed by atoms with Crippen LogP contribution in [0.5, 0.6) is 5.75 Å². The van der Waals surface area contributed by atoms with E-state index in [4.69, 9.17) is 16.3 Å². The molecule has 0 aliphatic heterocycles. The first kappa shape index (κ1) is 15.9. The van der Waals surface area contributed by atoms with Gasteiger partial charge in [-0.05, 0) is 83.7 Å². The largest absolute Gasteiger partial charge is 0.417 e. The molecule has 0 spiro atoms. The van der Waals surface area contributed by atoms with Crippen LogP contribution in [-0.2, 0) is 0 Å². The average molecular weight is 369 g/mol. The summed E-state index contributed by atoms with van der Waals surface area (Å²) in [4.78, 5) is 12.0. The highest BCUT2D eigenvalue weighted by Gasteiger charge is 2.11. The molecule has 1 N–H and O–H groups in total. The third kappa shape index (κ3) is 3.99. The van der Waals surface area contributed by atoms with Crippen molar-refractivity contribution in [3.8, 4) is 5.75 Å². The molecule has 0 aliphatic rings. The highest BCUT2D eigenvalue weighted by molar-refractivity contribution is 9.10. The number of nitrogens with one attached hydrogen (secondary N) is 1. The van der Waals surface area contributed by atoms with Gasteiger partial charge >= 0.3 is 6.09 Å². The Morgan fingerprint density at radius 1 is 1.10 bits per heavy atom. The van der Waals surface area contributed by atoms with E-state index in [0.717, 1.165) is 21.2 Å². The minimum Gasteiger partial charge on any atom is -0.409 e. The molecule has 1 amide bonds. The standard InChI is InChI=1S/C16H15BrClNO2/c1-9-7-13(17)15(8-10(9)2)21-16(20)19-14-5-4-12(18)6-11(14)3/h4-8H,1-3H3,(H,19,20). The van der Waals surface area contributed by atoms with Crippen molar-refractivity contribution in [2.75, 3.05) is 5.32 Å². The molecule has 0 saturated heterocycles. The van der Waals surface area contributed by atoms with E-state index in [-0.39, 0.29) is 0 Å². The highest BCUT2D eigenvalue weighted by atomic mass is 79.9. The van der Waals surface area contributed by atoms with E-state index < -0.39 is 6.09 Å². The van der Waals surface area contributed by atoms with Gasteiger partial charge < -0.3 is 4.74 Å². The van der Waals surface area contributed by atoms with Crippen LogP contribution < -0.4 is 10.1 Å². The minimum atomic E-state index is -0.538. The van der Waals surface area contributed by atoms with Crippen LogP contribution in [0.3, 0.4) is 0 Å². The Balaban J connectivity index is 2.13. The van der Waals surface area contributed by atoms with Crippen LogP contribution in [0.15, 0.2) is 34.8 Å². The summed E-state index contributed by atoms with van der Waals surface area (Å²) in [6, 6.07) is 8.99. The smallest absolute Gasteiger partial charge is 0.409 e. The van der Waals surface area contributed by atoms with E-state index in [2.05, 4.69) is 21.2 Å². The molecular formula is C16H15BrClNO2. The number of amides is 1. The maximum absolute atomic E-state index is 12.0. The van der Waals surface area contributed by atoms with Gasteiger partial charge in [0.05, 0.1) is 4.47 Å². The first-order valence-electron chi connectivity index (χ1n) is 6.38. The lowest BCUT2D eigenvalue weighted by atomic mass is 10.1. The zero-order chi connectivity index (χ0) is 15.6. The second kappa shape index (κ2) is 6.50. The van der Waals surface area contributed by atoms with E-state index >= 15 is 0 Å². The lowest BCUT2D eigenvalue weighted by Crippen LogP contribution is -2.17. The molecule has 0 bridgehead atoms. The van der Waals surface area contributed by atoms with Gasteiger partial charge in [-0.3, -0.25) is 5.32 Å². The molecular weight excluding hydrogens is 354 g/mol. The van der Waals surface area contributed by atoms with Gasteiger partial charge in [-0.2, -0.15) is 0 Å². The SMILES string of the molecule is Cc1cc(Br)c(OC(=O)Nc2ccc(Cl)cc2C)cc1C. The molecule has 2 rings (SSSR count). The van der Waals surface area contributed by atoms with Gasteiger partial charge in [-0.1, -0.05) is 11.6 Å². The van der Waals surface area contributed by atoms with Gasteiger partial charge in [0.1, 0.15) is 5.75 Å². The number of halogens is 2. The molecule has 0 atom stereocenters. The van der Waals surface area contributed by atoms with E-state index in [0.29, 0.717) is 16.5 Å². The van der Waals surface area contributed by atoms with Crippen molar-refractivity contribution in [2.24, 2.45) is 0 Å². The average Bonchev–Trinajstić information content (AvgIpc) is 2.39. The predicted octanol–water partition coefficient (Wildman–Crippen LogP) is 5.64. The monoisotopic (exact) mass is 367 g/mol. The summed E-state index contributed by atoms with van der Waals surface area (Å²) in [6.45, 7) is 5.84. The number of benzene rings is 2. The van der Waals surface area contributed by atoms with Crippen LogP contribution >= 0.6 is 27.5 Å². The maximum Gasteiger partial charge on any atom is 0.417 e. The number of carbonyl (C=O) groups excluding carboxylic acids is 1. The number of carbonyl (C=O) groups is 1. The van der Waals surface area contributed by atoms with Crippen molar-refractivity contribution < 1.29 is 9.53 Å². The van der Waals surface area contributed by atoms with Gasteiger partial charge in [0.2, 0.25) is 0 Å². The van der Waals surface area contributed by atoms with Crippen molar-refractivity contribution >= 4 is 39.3 Å². The molecule has 110 valence electrons. The first-order valence-corrected chi connectivity index (χ1v) is 7.55. The summed E-state index contributed by atoms with van der Waals surface area (Å²) in [5, 5.41) is 3.33. The van der Waals surface area contributed by atoms with Crippen molar-refractivity contribution in [1.29, 1.82) is 0 Å². The molecule has 2 aromatic rings. The van der Waals surface area contributed by atoms with Crippen LogP contribution in [0.1, 0.15) is 16.7 Å². The number of hydrogen-bond donors (Lipinski definition) is 1. The lowest BCUT2D eigenvalue weighted by Gasteiger charge is -2.11. The highest BCUT2D eigenvalue weighted by Crippen LogP contribution is 2.29. The number of anilines is 1. The van der Waals surface area contributed by atoms with Crippen LogP contribution in [-0.4, -0.2) is 6.09 Å². The summed E-state index contributed by atoms with van der Waals surface area (Å²) < 4.78 is 6.08. The van der Waals surface area contributed by atoms with E-state index in [1.807, 2.05) is 32.9 Å². The second-order valence-electron chi connectivity index (χ2n) is 4.84. The zero-order valence-corrected chi connectivity index (χ0v) is 14.3. The first-order chi connectivity index (χ1) is 9.86. The van der Waals surface area contributed by atoms with Gasteiger partial charge in [-0.15, -0.1) is 0 Å². The Bertz CT molecular complexity index is 701. The molecule has 21 heavy (non-hydrogen) atoms. The summed E-state index contributed by atoms with van der Waals surface area (Å²) in [5.41, 5.74) is 3.73. The summed E-state index contributed by atoms with van der Waals surface area (Å²) in [7, 11) is 0. The van der Waals surface area contributed by atoms with E-state index in [9.17, 15) is 4.79 Å². The molecule has 0 aliphatic carbocycles. The lowest BCUT2D eigenvalue weighted by molar-refractivity contribution is 0.215. The Morgan fingerprint density at radius 2 is 1.76 bits per heavy atom. The molecule has 0 heterocycles. The summed E-state index contributed by atoms with van der Waals surface area (Å²) in [6.07, 6.45) is -0.538. The van der Waals surface area contributed by atoms with Gasteiger partial charge in [0, 0.05) is 10.7 Å². The van der Waals surface area contributed by atoms with Gasteiger partial charge in [0.25, 0.3) is 0 Å². The second-order valence-corrected chi connectivity index (χ2v) is 6.13. The van der Waals surface area contributed by atoms with E-state index in [1.165, 1.54) is 0 Å². The van der Waals surface area contributed by atoms with Crippen molar-refractivity contribution in [1.82, 2.24) is 0 Å². The molecule has 0 radical (unpaired) electrons. The fourth-order valence-corrected chi connectivity index (χ4v) is 2.60. The third-order valence-corrected chi connectivity index (χ3v) is 4.03. The fraction of sp³-hybridized carbons (Fsp3) is 0.188. The Labute approximate surface area is 137 Å². The quantitative estimate of drug-likeness (QED) is 0.745. The molecule has 5 heteroatoms. The summed E-state index contributed by atoms with van der Waals surface area (Å²) >= 11 is 9.28. The predicted molar refractivity (Wildman–Crippen MR) is 89.5 cm³/mol. The number of aryl methyl sites for hydroxylation is 3. The molecule has 0 aromatic heterocycles. The molecule has 2 aromatic carbocycles. The Kier molecular flexibility index (Phi) is 4.91. The topological polar surface area (TPSA) is 38.3 Å². The Morgan fingerprint density at radius 3 is 2.43 bits per heavy atom. The molecule has 0 unspecified atom stereocenters. The Hall–Kier alpha value is -1.52. The van der Waals surface area contributed by atoms with Crippen LogP contribution in [0.25, 0.3) is 0 Å². The molecule has 3 nitrogen and oxygen atoms in total. The van der Waals surface area contributed by atoms with Crippen LogP contribution in [0.2, 0.25) is 5.02 Å². The van der Waals surface area contributed by atoms with Crippen LogP contribution in [0.4, 0.5) is 10.5 Å². The fourth-order valence-electron chi connectivity index (χ4n) is 1.84. The van der Waals surface area contributed by atoms with Crippen molar-refractivity contribution in [3.63, 3.8) is 0 Å².